The first kappa shape index (κ1) is 17.9. The largest absolute Gasteiger partial charge is 0.480 e. The maximum Gasteiger partial charge on any atom is 0.326 e. The van der Waals surface area contributed by atoms with Gasteiger partial charge in [0.25, 0.3) is 5.91 Å². The van der Waals surface area contributed by atoms with Crippen LogP contribution in [0.4, 0.5) is 0 Å². The smallest absolute Gasteiger partial charge is 0.326 e. The summed E-state index contributed by atoms with van der Waals surface area (Å²) in [5, 5.41) is 9.94. The predicted octanol–water partition coefficient (Wildman–Crippen LogP) is 3.86. The summed E-state index contributed by atoms with van der Waals surface area (Å²) in [6.07, 6.45) is 4.97. The SMILES string of the molecule is CC(C(=O)O)n1c2c(s/c1=N\C(=O)c1cccc(Cl)c1)CCCCC2. The fourth-order valence-electron chi connectivity index (χ4n) is 3.04. The molecule has 0 saturated heterocycles. The second-order valence-corrected chi connectivity index (χ2v) is 7.63. The molecule has 7 heteroatoms. The molecule has 1 aromatic heterocycles. The van der Waals surface area contributed by atoms with Crippen LogP contribution in [0.15, 0.2) is 29.3 Å². The molecule has 1 atom stereocenters. The molecule has 1 aliphatic rings. The number of thiazole rings is 1. The number of carbonyl (C=O) groups excluding carboxylic acids is 1. The molecule has 1 aromatic carbocycles. The van der Waals surface area contributed by atoms with E-state index in [2.05, 4.69) is 4.99 Å². The van der Waals surface area contributed by atoms with Crippen molar-refractivity contribution >= 4 is 34.8 Å². The van der Waals surface area contributed by atoms with Crippen molar-refractivity contribution < 1.29 is 14.7 Å². The number of halogens is 1. The number of hydrogen-bond donors (Lipinski definition) is 1. The Morgan fingerprint density at radius 1 is 1.28 bits per heavy atom. The van der Waals surface area contributed by atoms with Crippen molar-refractivity contribution in [2.24, 2.45) is 4.99 Å². The average molecular weight is 379 g/mol. The van der Waals surface area contributed by atoms with Gasteiger partial charge >= 0.3 is 5.97 Å². The zero-order valence-corrected chi connectivity index (χ0v) is 15.4. The van der Waals surface area contributed by atoms with E-state index in [0.29, 0.717) is 15.4 Å². The van der Waals surface area contributed by atoms with Crippen LogP contribution in [-0.4, -0.2) is 21.6 Å². The lowest BCUT2D eigenvalue weighted by Crippen LogP contribution is -2.27. The first-order valence-electron chi connectivity index (χ1n) is 8.28. The highest BCUT2D eigenvalue weighted by Crippen LogP contribution is 2.25. The lowest BCUT2D eigenvalue weighted by Gasteiger charge is -2.13. The van der Waals surface area contributed by atoms with Crippen LogP contribution >= 0.6 is 22.9 Å². The van der Waals surface area contributed by atoms with Crippen molar-refractivity contribution in [2.75, 3.05) is 0 Å². The molecule has 1 N–H and O–H groups in total. The molecule has 1 unspecified atom stereocenters. The summed E-state index contributed by atoms with van der Waals surface area (Å²) in [5.41, 5.74) is 1.40. The lowest BCUT2D eigenvalue weighted by atomic mass is 10.2. The Morgan fingerprint density at radius 2 is 2.04 bits per heavy atom. The van der Waals surface area contributed by atoms with Crippen LogP contribution in [0.25, 0.3) is 0 Å². The Bertz CT molecular complexity index is 885. The first-order valence-corrected chi connectivity index (χ1v) is 9.47. The molecule has 132 valence electrons. The monoisotopic (exact) mass is 378 g/mol. The molecule has 0 radical (unpaired) electrons. The number of aromatic nitrogens is 1. The van der Waals surface area contributed by atoms with Gasteiger partial charge in [0, 0.05) is 21.2 Å². The highest BCUT2D eigenvalue weighted by Gasteiger charge is 2.23. The van der Waals surface area contributed by atoms with E-state index < -0.39 is 17.9 Å². The fourth-order valence-corrected chi connectivity index (χ4v) is 4.51. The Balaban J connectivity index is 2.11. The standard InChI is InChI=1S/C18H19ClN2O3S/c1-11(17(23)24)21-14-8-3-2-4-9-15(14)25-18(21)20-16(22)12-6-5-7-13(19)10-12/h5-7,10-11H,2-4,8-9H2,1H3,(H,23,24)/b20-18-. The quantitative estimate of drug-likeness (QED) is 0.824. The number of fused-ring (bicyclic) bond motifs is 1. The van der Waals surface area contributed by atoms with E-state index in [1.807, 2.05) is 0 Å². The van der Waals surface area contributed by atoms with E-state index in [1.165, 1.54) is 11.3 Å². The van der Waals surface area contributed by atoms with Gasteiger partial charge in [-0.1, -0.05) is 24.1 Å². The lowest BCUT2D eigenvalue weighted by molar-refractivity contribution is -0.140. The number of amides is 1. The summed E-state index contributed by atoms with van der Waals surface area (Å²) < 4.78 is 1.72. The molecule has 0 fully saturated rings. The number of carboxylic acids is 1. The summed E-state index contributed by atoms with van der Waals surface area (Å²) in [5.74, 6) is -1.34. The van der Waals surface area contributed by atoms with Gasteiger partial charge in [0.15, 0.2) is 4.80 Å². The Hall–Kier alpha value is -1.92. The van der Waals surface area contributed by atoms with E-state index in [4.69, 9.17) is 11.6 Å². The maximum absolute atomic E-state index is 12.5. The summed E-state index contributed by atoms with van der Waals surface area (Å²) >= 11 is 7.37. The number of aliphatic carboxylic acids is 1. The van der Waals surface area contributed by atoms with Gasteiger partial charge in [-0.15, -0.1) is 11.3 Å². The Labute approximate surface area is 154 Å². The van der Waals surface area contributed by atoms with Crippen molar-refractivity contribution in [3.63, 3.8) is 0 Å². The van der Waals surface area contributed by atoms with Crippen LogP contribution in [0, 0.1) is 0 Å². The Kier molecular flexibility index (Phi) is 5.39. The summed E-state index contributed by atoms with van der Waals surface area (Å²) in [6.45, 7) is 1.63. The molecule has 1 aliphatic carbocycles. The van der Waals surface area contributed by atoms with Gasteiger partial charge in [-0.05, 0) is 50.8 Å². The molecule has 0 saturated carbocycles. The second-order valence-electron chi connectivity index (χ2n) is 6.13. The molecule has 25 heavy (non-hydrogen) atoms. The van der Waals surface area contributed by atoms with Crippen molar-refractivity contribution in [3.8, 4) is 0 Å². The zero-order valence-electron chi connectivity index (χ0n) is 13.9. The van der Waals surface area contributed by atoms with E-state index in [1.54, 1.807) is 35.8 Å². The number of carbonyl (C=O) groups is 2. The third-order valence-electron chi connectivity index (χ3n) is 4.36. The van der Waals surface area contributed by atoms with E-state index in [0.717, 1.165) is 42.7 Å². The van der Waals surface area contributed by atoms with Crippen molar-refractivity contribution in [3.05, 3.63) is 50.2 Å². The second kappa shape index (κ2) is 7.54. The minimum absolute atomic E-state index is 0.394. The first-order chi connectivity index (χ1) is 12.0. The fraction of sp³-hybridized carbons (Fsp3) is 0.389. The minimum Gasteiger partial charge on any atom is -0.480 e. The van der Waals surface area contributed by atoms with Gasteiger partial charge in [0.2, 0.25) is 0 Å². The van der Waals surface area contributed by atoms with Crippen LogP contribution in [0.1, 0.15) is 53.2 Å². The topological polar surface area (TPSA) is 71.7 Å². The molecule has 1 amide bonds. The van der Waals surface area contributed by atoms with Crippen molar-refractivity contribution in [1.82, 2.24) is 4.57 Å². The van der Waals surface area contributed by atoms with Crippen LogP contribution < -0.4 is 4.80 Å². The molecule has 0 bridgehead atoms. The van der Waals surface area contributed by atoms with Crippen molar-refractivity contribution in [2.45, 2.75) is 45.1 Å². The van der Waals surface area contributed by atoms with Gasteiger partial charge in [-0.25, -0.2) is 4.79 Å². The van der Waals surface area contributed by atoms with Crippen LogP contribution in [0.3, 0.4) is 0 Å². The molecule has 5 nitrogen and oxygen atoms in total. The number of benzene rings is 1. The maximum atomic E-state index is 12.5. The zero-order chi connectivity index (χ0) is 18.0. The summed E-state index contributed by atoms with van der Waals surface area (Å²) in [6, 6.07) is 5.85. The molecule has 0 aliphatic heterocycles. The molecular formula is C18H19ClN2O3S. The molecule has 0 spiro atoms. The summed E-state index contributed by atoms with van der Waals surface area (Å²) in [7, 11) is 0. The normalized spacial score (nSPS) is 16.2. The number of aryl methyl sites for hydroxylation is 1. The highest BCUT2D eigenvalue weighted by molar-refractivity contribution is 7.09. The van der Waals surface area contributed by atoms with Crippen molar-refractivity contribution in [1.29, 1.82) is 0 Å². The number of rotatable bonds is 3. The van der Waals surface area contributed by atoms with E-state index in [-0.39, 0.29) is 0 Å². The Morgan fingerprint density at radius 3 is 2.76 bits per heavy atom. The minimum atomic E-state index is -0.929. The third kappa shape index (κ3) is 3.85. The highest BCUT2D eigenvalue weighted by atomic mass is 35.5. The average Bonchev–Trinajstić information content (AvgIpc) is 2.75. The van der Waals surface area contributed by atoms with Gasteiger partial charge in [-0.2, -0.15) is 4.99 Å². The predicted molar refractivity (Wildman–Crippen MR) is 97.3 cm³/mol. The number of nitrogens with zero attached hydrogens (tertiary/aromatic N) is 2. The van der Waals surface area contributed by atoms with Gasteiger partial charge in [0.05, 0.1) is 0 Å². The third-order valence-corrected chi connectivity index (χ3v) is 5.76. The van der Waals surface area contributed by atoms with Gasteiger partial charge in [-0.3, -0.25) is 4.79 Å². The molecular weight excluding hydrogens is 360 g/mol. The van der Waals surface area contributed by atoms with E-state index >= 15 is 0 Å². The summed E-state index contributed by atoms with van der Waals surface area (Å²) in [4.78, 5) is 29.9. The van der Waals surface area contributed by atoms with Gasteiger partial charge < -0.3 is 9.67 Å². The molecule has 1 heterocycles. The van der Waals surface area contributed by atoms with Crippen LogP contribution in [-0.2, 0) is 17.6 Å². The van der Waals surface area contributed by atoms with Crippen LogP contribution in [0.2, 0.25) is 5.02 Å². The molecule has 2 aromatic rings. The van der Waals surface area contributed by atoms with Crippen LogP contribution in [0.5, 0.6) is 0 Å². The van der Waals surface area contributed by atoms with Gasteiger partial charge in [0.1, 0.15) is 6.04 Å². The molecule has 3 rings (SSSR count). The number of hydrogen-bond acceptors (Lipinski definition) is 3. The number of carboxylic acid groups (broad SMARTS) is 1. The van der Waals surface area contributed by atoms with E-state index in [9.17, 15) is 14.7 Å².